The molecule has 5 nitrogen and oxygen atoms in total. The maximum atomic E-state index is 12.2. The van der Waals surface area contributed by atoms with Crippen LogP contribution >= 0.6 is 0 Å². The van der Waals surface area contributed by atoms with E-state index >= 15 is 0 Å². The first kappa shape index (κ1) is 14.2. The van der Waals surface area contributed by atoms with E-state index in [1.165, 1.54) is 0 Å². The molecule has 1 aromatic rings. The lowest BCUT2D eigenvalue weighted by molar-refractivity contribution is -0.121. The van der Waals surface area contributed by atoms with Gasteiger partial charge in [0, 0.05) is 19.5 Å². The average molecular weight is 274 g/mol. The molecule has 5 heteroatoms. The monoisotopic (exact) mass is 274 g/mol. The van der Waals surface area contributed by atoms with Crippen LogP contribution < -0.4 is 5.32 Å². The first-order chi connectivity index (χ1) is 9.54. The van der Waals surface area contributed by atoms with Gasteiger partial charge >= 0.3 is 0 Å². The Morgan fingerprint density at radius 3 is 2.60 bits per heavy atom. The van der Waals surface area contributed by atoms with Gasteiger partial charge < -0.3 is 5.32 Å². The molecule has 0 bridgehead atoms. The summed E-state index contributed by atoms with van der Waals surface area (Å²) in [5.41, 5.74) is 1.80. The van der Waals surface area contributed by atoms with E-state index in [1.807, 2.05) is 19.9 Å². The Kier molecular flexibility index (Phi) is 4.17. The van der Waals surface area contributed by atoms with Gasteiger partial charge in [0.1, 0.15) is 0 Å². The summed E-state index contributed by atoms with van der Waals surface area (Å²) in [6.07, 6.45) is 1.00. The molecule has 0 fully saturated rings. The van der Waals surface area contributed by atoms with Crippen molar-refractivity contribution >= 4 is 17.7 Å². The standard InChI is InChI=1S/C15H18N2O3/c1-3-7-16-13(18)6-8-17-14(19)11-5-4-10(2)9-12(11)15(17)20/h4-5,9H,3,6-8H2,1-2H3,(H,16,18). The lowest BCUT2D eigenvalue weighted by Crippen LogP contribution is -2.34. The van der Waals surface area contributed by atoms with Crippen LogP contribution in [0.15, 0.2) is 18.2 Å². The lowest BCUT2D eigenvalue weighted by Gasteiger charge is -2.13. The Labute approximate surface area is 118 Å². The van der Waals surface area contributed by atoms with Crippen molar-refractivity contribution in [1.29, 1.82) is 0 Å². The number of nitrogens with zero attached hydrogens (tertiary/aromatic N) is 1. The number of hydrogen-bond acceptors (Lipinski definition) is 3. The van der Waals surface area contributed by atoms with Crippen molar-refractivity contribution in [3.05, 3.63) is 34.9 Å². The maximum absolute atomic E-state index is 12.2. The van der Waals surface area contributed by atoms with Gasteiger partial charge in [-0.2, -0.15) is 0 Å². The highest BCUT2D eigenvalue weighted by Crippen LogP contribution is 2.23. The van der Waals surface area contributed by atoms with E-state index in [2.05, 4.69) is 5.32 Å². The minimum atomic E-state index is -0.312. The summed E-state index contributed by atoms with van der Waals surface area (Å²) < 4.78 is 0. The molecule has 0 saturated carbocycles. The Balaban J connectivity index is 2.03. The van der Waals surface area contributed by atoms with Crippen LogP contribution in [0.2, 0.25) is 0 Å². The number of benzene rings is 1. The van der Waals surface area contributed by atoms with Crippen molar-refractivity contribution in [3.63, 3.8) is 0 Å². The number of imide groups is 1. The SMILES string of the molecule is CCCNC(=O)CCN1C(=O)c2ccc(C)cc2C1=O. The first-order valence-corrected chi connectivity index (χ1v) is 6.78. The number of nitrogens with one attached hydrogen (secondary N) is 1. The van der Waals surface area contributed by atoms with E-state index in [-0.39, 0.29) is 30.7 Å². The fourth-order valence-corrected chi connectivity index (χ4v) is 2.17. The normalized spacial score (nSPS) is 13.6. The molecule has 3 amide bonds. The third kappa shape index (κ3) is 2.71. The van der Waals surface area contributed by atoms with Gasteiger partial charge in [-0.3, -0.25) is 19.3 Å². The summed E-state index contributed by atoms with van der Waals surface area (Å²) in [5, 5.41) is 2.73. The zero-order valence-electron chi connectivity index (χ0n) is 11.7. The van der Waals surface area contributed by atoms with Gasteiger partial charge in [0.2, 0.25) is 5.91 Å². The molecule has 0 radical (unpaired) electrons. The quantitative estimate of drug-likeness (QED) is 0.828. The number of aryl methyl sites for hydroxylation is 1. The minimum absolute atomic E-state index is 0.126. The molecule has 1 aromatic carbocycles. The number of amides is 3. The predicted molar refractivity (Wildman–Crippen MR) is 74.5 cm³/mol. The molecule has 0 aromatic heterocycles. The van der Waals surface area contributed by atoms with Crippen LogP contribution in [0.5, 0.6) is 0 Å². The second kappa shape index (κ2) is 5.86. The van der Waals surface area contributed by atoms with Crippen molar-refractivity contribution in [1.82, 2.24) is 10.2 Å². The molecule has 0 atom stereocenters. The summed E-state index contributed by atoms with van der Waals surface area (Å²) >= 11 is 0. The smallest absolute Gasteiger partial charge is 0.261 e. The van der Waals surface area contributed by atoms with Gasteiger partial charge in [0.05, 0.1) is 11.1 Å². The molecule has 0 unspecified atom stereocenters. The molecule has 20 heavy (non-hydrogen) atoms. The number of hydrogen-bond donors (Lipinski definition) is 1. The molecule has 106 valence electrons. The number of carbonyl (C=O) groups is 3. The van der Waals surface area contributed by atoms with Gasteiger partial charge in [-0.25, -0.2) is 0 Å². The summed E-state index contributed by atoms with van der Waals surface area (Å²) in [4.78, 5) is 37.0. The van der Waals surface area contributed by atoms with Crippen LogP contribution in [0.25, 0.3) is 0 Å². The van der Waals surface area contributed by atoms with Gasteiger partial charge in [0.25, 0.3) is 11.8 Å². The Bertz CT molecular complexity index is 566. The highest BCUT2D eigenvalue weighted by molar-refractivity contribution is 6.21. The zero-order valence-corrected chi connectivity index (χ0v) is 11.7. The van der Waals surface area contributed by atoms with E-state index in [4.69, 9.17) is 0 Å². The fourth-order valence-electron chi connectivity index (χ4n) is 2.17. The van der Waals surface area contributed by atoms with Crippen LogP contribution in [-0.2, 0) is 4.79 Å². The molecule has 0 saturated heterocycles. The van der Waals surface area contributed by atoms with Crippen LogP contribution in [0, 0.1) is 6.92 Å². The molecule has 2 rings (SSSR count). The fraction of sp³-hybridized carbons (Fsp3) is 0.400. The van der Waals surface area contributed by atoms with Crippen molar-refractivity contribution < 1.29 is 14.4 Å². The number of rotatable bonds is 5. The van der Waals surface area contributed by atoms with E-state index in [1.54, 1.807) is 12.1 Å². The van der Waals surface area contributed by atoms with Crippen LogP contribution in [0.3, 0.4) is 0 Å². The first-order valence-electron chi connectivity index (χ1n) is 6.78. The molecule has 0 aliphatic carbocycles. The third-order valence-corrected chi connectivity index (χ3v) is 3.26. The predicted octanol–water partition coefficient (Wildman–Crippen LogP) is 1.51. The minimum Gasteiger partial charge on any atom is -0.356 e. The highest BCUT2D eigenvalue weighted by atomic mass is 16.2. The third-order valence-electron chi connectivity index (χ3n) is 3.26. The van der Waals surface area contributed by atoms with Gasteiger partial charge in [-0.05, 0) is 25.5 Å². The van der Waals surface area contributed by atoms with E-state index in [0.29, 0.717) is 17.7 Å². The van der Waals surface area contributed by atoms with Crippen molar-refractivity contribution in [3.8, 4) is 0 Å². The molecule has 1 N–H and O–H groups in total. The van der Waals surface area contributed by atoms with E-state index in [0.717, 1.165) is 16.9 Å². The second-order valence-electron chi connectivity index (χ2n) is 4.91. The van der Waals surface area contributed by atoms with E-state index in [9.17, 15) is 14.4 Å². The van der Waals surface area contributed by atoms with E-state index < -0.39 is 0 Å². The molecule has 0 spiro atoms. The summed E-state index contributed by atoms with van der Waals surface area (Å²) in [6, 6.07) is 5.19. The molecular weight excluding hydrogens is 256 g/mol. The van der Waals surface area contributed by atoms with Crippen LogP contribution in [0.1, 0.15) is 46.0 Å². The van der Waals surface area contributed by atoms with Crippen LogP contribution in [0.4, 0.5) is 0 Å². The topological polar surface area (TPSA) is 66.5 Å². The second-order valence-corrected chi connectivity index (χ2v) is 4.91. The number of fused-ring (bicyclic) bond motifs is 1. The molecule has 1 aliphatic rings. The molecule has 1 aliphatic heterocycles. The Morgan fingerprint density at radius 1 is 1.20 bits per heavy atom. The molecule has 1 heterocycles. The Hall–Kier alpha value is -2.17. The average Bonchev–Trinajstić information content (AvgIpc) is 2.66. The van der Waals surface area contributed by atoms with Crippen molar-refractivity contribution in [2.45, 2.75) is 26.7 Å². The zero-order chi connectivity index (χ0) is 14.7. The Morgan fingerprint density at radius 2 is 1.90 bits per heavy atom. The summed E-state index contributed by atoms with van der Waals surface area (Å²) in [6.45, 7) is 4.58. The summed E-state index contributed by atoms with van der Waals surface area (Å²) in [7, 11) is 0. The van der Waals surface area contributed by atoms with Crippen LogP contribution in [-0.4, -0.2) is 35.7 Å². The molecular formula is C15H18N2O3. The lowest BCUT2D eigenvalue weighted by atomic mass is 10.1. The van der Waals surface area contributed by atoms with Crippen molar-refractivity contribution in [2.75, 3.05) is 13.1 Å². The maximum Gasteiger partial charge on any atom is 0.261 e. The summed E-state index contributed by atoms with van der Waals surface area (Å²) in [5.74, 6) is -0.759. The largest absolute Gasteiger partial charge is 0.356 e. The number of carbonyl (C=O) groups excluding carboxylic acids is 3. The van der Waals surface area contributed by atoms with Gasteiger partial charge in [-0.1, -0.05) is 18.6 Å². The van der Waals surface area contributed by atoms with Gasteiger partial charge in [-0.15, -0.1) is 0 Å². The highest BCUT2D eigenvalue weighted by Gasteiger charge is 2.35. The van der Waals surface area contributed by atoms with Crippen molar-refractivity contribution in [2.24, 2.45) is 0 Å². The van der Waals surface area contributed by atoms with Gasteiger partial charge in [0.15, 0.2) is 0 Å².